The average Bonchev–Trinajstić information content (AvgIpc) is 3.23. The van der Waals surface area contributed by atoms with Gasteiger partial charge in [-0.3, -0.25) is 9.89 Å². The predicted octanol–water partition coefficient (Wildman–Crippen LogP) is 5.69. The maximum Gasteiger partial charge on any atom is 0.289 e. The summed E-state index contributed by atoms with van der Waals surface area (Å²) in [6, 6.07) is 20.9. The van der Waals surface area contributed by atoms with Crippen LogP contribution in [0.15, 0.2) is 71.8 Å². The molecule has 1 amide bonds. The zero-order chi connectivity index (χ0) is 20.4. The summed E-state index contributed by atoms with van der Waals surface area (Å²) in [5, 5.41) is 14.3. The highest BCUT2D eigenvalue weighted by Gasteiger charge is 2.12. The highest BCUT2D eigenvalue weighted by atomic mass is 35.5. The van der Waals surface area contributed by atoms with Crippen molar-refractivity contribution < 1.29 is 4.79 Å². The van der Waals surface area contributed by atoms with Crippen molar-refractivity contribution in [3.8, 4) is 11.3 Å². The number of rotatable bonds is 4. The van der Waals surface area contributed by atoms with E-state index in [-0.39, 0.29) is 5.91 Å². The van der Waals surface area contributed by atoms with Crippen molar-refractivity contribution in [3.05, 3.63) is 88.0 Å². The summed E-state index contributed by atoms with van der Waals surface area (Å²) in [4.78, 5) is 12.4. The molecule has 7 heteroatoms. The minimum atomic E-state index is -0.385. The first-order chi connectivity index (χ1) is 14.0. The Labute approximate surface area is 177 Å². The second kappa shape index (κ2) is 8.07. The van der Waals surface area contributed by atoms with E-state index in [0.29, 0.717) is 27.1 Å². The number of hydrogen-bond acceptors (Lipinski definition) is 3. The van der Waals surface area contributed by atoms with Gasteiger partial charge in [-0.1, -0.05) is 65.7 Å². The fourth-order valence-corrected chi connectivity index (χ4v) is 3.21. The fourth-order valence-electron chi connectivity index (χ4n) is 2.92. The number of H-pyrrole nitrogens is 1. The van der Waals surface area contributed by atoms with Gasteiger partial charge in [0.15, 0.2) is 0 Å². The number of nitrogens with one attached hydrogen (secondary N) is 2. The minimum Gasteiger partial charge on any atom is -0.272 e. The fraction of sp³-hybridized carbons (Fsp3) is 0.0455. The molecule has 3 aromatic carbocycles. The second-order valence-corrected chi connectivity index (χ2v) is 7.31. The number of benzene rings is 3. The number of nitrogens with zero attached hydrogens (tertiary/aromatic N) is 2. The van der Waals surface area contributed by atoms with E-state index in [9.17, 15) is 4.79 Å². The van der Waals surface area contributed by atoms with E-state index in [1.807, 2.05) is 43.3 Å². The maximum absolute atomic E-state index is 12.4. The molecule has 0 unspecified atom stereocenters. The number of halogens is 2. The maximum atomic E-state index is 12.4. The van der Waals surface area contributed by atoms with E-state index in [1.54, 1.807) is 24.3 Å². The van der Waals surface area contributed by atoms with Crippen LogP contribution >= 0.6 is 23.2 Å². The van der Waals surface area contributed by atoms with Gasteiger partial charge in [-0.05, 0) is 47.5 Å². The van der Waals surface area contributed by atoms with Gasteiger partial charge in [-0.15, -0.1) is 0 Å². The third kappa shape index (κ3) is 4.16. The van der Waals surface area contributed by atoms with Gasteiger partial charge in [0.1, 0.15) is 5.69 Å². The molecule has 0 saturated carbocycles. The molecule has 144 valence electrons. The van der Waals surface area contributed by atoms with Crippen molar-refractivity contribution in [1.29, 1.82) is 0 Å². The Hall–Kier alpha value is -3.15. The lowest BCUT2D eigenvalue weighted by atomic mass is 10.0. The lowest BCUT2D eigenvalue weighted by Gasteiger charge is -2.04. The molecule has 0 fully saturated rings. The lowest BCUT2D eigenvalue weighted by Crippen LogP contribution is -2.19. The van der Waals surface area contributed by atoms with E-state index in [4.69, 9.17) is 23.2 Å². The van der Waals surface area contributed by atoms with Gasteiger partial charge < -0.3 is 0 Å². The van der Waals surface area contributed by atoms with E-state index < -0.39 is 0 Å². The topological polar surface area (TPSA) is 70.1 Å². The van der Waals surface area contributed by atoms with Crippen LogP contribution in [0.5, 0.6) is 0 Å². The Balaban J connectivity index is 1.50. The third-order valence-corrected chi connectivity index (χ3v) is 5.27. The normalized spacial score (nSPS) is 11.6. The Morgan fingerprint density at radius 2 is 1.76 bits per heavy atom. The third-order valence-electron chi connectivity index (χ3n) is 4.53. The number of carbonyl (C=O) groups excluding carboxylic acids is 1. The summed E-state index contributed by atoms with van der Waals surface area (Å²) in [6.07, 6.45) is 0. The summed E-state index contributed by atoms with van der Waals surface area (Å²) in [5.74, 6) is -0.385. The molecule has 29 heavy (non-hydrogen) atoms. The summed E-state index contributed by atoms with van der Waals surface area (Å²) in [7, 11) is 0. The zero-order valence-corrected chi connectivity index (χ0v) is 16.9. The Morgan fingerprint density at radius 1 is 0.966 bits per heavy atom. The van der Waals surface area contributed by atoms with Crippen molar-refractivity contribution in [2.24, 2.45) is 5.10 Å². The molecule has 0 aliphatic carbocycles. The predicted molar refractivity (Wildman–Crippen MR) is 118 cm³/mol. The van der Waals surface area contributed by atoms with Crippen LogP contribution in [0.4, 0.5) is 0 Å². The summed E-state index contributed by atoms with van der Waals surface area (Å²) in [5.41, 5.74) is 5.83. The second-order valence-electron chi connectivity index (χ2n) is 6.50. The number of hydrazone groups is 1. The van der Waals surface area contributed by atoms with Gasteiger partial charge in [-0.2, -0.15) is 10.2 Å². The van der Waals surface area contributed by atoms with E-state index >= 15 is 0 Å². The summed E-state index contributed by atoms with van der Waals surface area (Å²) in [6.45, 7) is 1.85. The lowest BCUT2D eigenvalue weighted by molar-refractivity contribution is 0.0950. The van der Waals surface area contributed by atoms with Crippen LogP contribution in [0.25, 0.3) is 22.0 Å². The average molecular weight is 423 g/mol. The molecule has 0 aliphatic heterocycles. The molecule has 0 bridgehead atoms. The molecule has 2 N–H and O–H groups in total. The highest BCUT2D eigenvalue weighted by molar-refractivity contribution is 6.42. The SMILES string of the molecule is CC(=NNC(=O)c1cc(-c2ccc(Cl)c(Cl)c2)n[nH]1)c1ccc2ccccc2c1. The Bertz CT molecular complexity index is 1250. The number of hydrogen-bond donors (Lipinski definition) is 2. The molecule has 1 aromatic heterocycles. The molecule has 0 radical (unpaired) electrons. The largest absolute Gasteiger partial charge is 0.289 e. The van der Waals surface area contributed by atoms with Crippen molar-refractivity contribution in [2.45, 2.75) is 6.92 Å². The molecule has 1 heterocycles. The van der Waals surface area contributed by atoms with Crippen LogP contribution < -0.4 is 5.43 Å². The minimum absolute atomic E-state index is 0.293. The molecule has 0 spiro atoms. The molecular weight excluding hydrogens is 407 g/mol. The van der Waals surface area contributed by atoms with Gasteiger partial charge in [0.2, 0.25) is 0 Å². The van der Waals surface area contributed by atoms with Crippen LogP contribution in [0.3, 0.4) is 0 Å². The Kier molecular flexibility index (Phi) is 5.34. The van der Waals surface area contributed by atoms with Crippen LogP contribution in [-0.2, 0) is 0 Å². The molecule has 4 rings (SSSR count). The number of fused-ring (bicyclic) bond motifs is 1. The first kappa shape index (κ1) is 19.2. The molecule has 0 saturated heterocycles. The molecule has 4 aromatic rings. The molecular formula is C22H16Cl2N4O. The highest BCUT2D eigenvalue weighted by Crippen LogP contribution is 2.27. The van der Waals surface area contributed by atoms with Crippen LogP contribution in [0.2, 0.25) is 10.0 Å². The quantitative estimate of drug-likeness (QED) is 0.327. The first-order valence-corrected chi connectivity index (χ1v) is 9.61. The van der Waals surface area contributed by atoms with Gasteiger partial charge in [0, 0.05) is 5.56 Å². The van der Waals surface area contributed by atoms with Crippen LogP contribution in [0.1, 0.15) is 23.0 Å². The van der Waals surface area contributed by atoms with Gasteiger partial charge in [0.05, 0.1) is 21.5 Å². The monoisotopic (exact) mass is 422 g/mol. The molecule has 5 nitrogen and oxygen atoms in total. The Morgan fingerprint density at radius 3 is 2.55 bits per heavy atom. The molecule has 0 aliphatic rings. The molecule has 0 atom stereocenters. The van der Waals surface area contributed by atoms with Gasteiger partial charge >= 0.3 is 0 Å². The van der Waals surface area contributed by atoms with Crippen molar-refractivity contribution in [3.63, 3.8) is 0 Å². The van der Waals surface area contributed by atoms with Crippen LogP contribution in [0, 0.1) is 0 Å². The van der Waals surface area contributed by atoms with E-state index in [1.165, 1.54) is 0 Å². The standard InChI is InChI=1S/C22H16Cl2N4O/c1-13(15-7-6-14-4-2-3-5-16(14)10-15)25-28-22(29)21-12-20(26-27-21)17-8-9-18(23)19(24)11-17/h2-12H,1H3,(H,26,27)(H,28,29). The van der Waals surface area contributed by atoms with Gasteiger partial charge in [-0.25, -0.2) is 5.43 Å². The van der Waals surface area contributed by atoms with Crippen LogP contribution in [-0.4, -0.2) is 21.8 Å². The van der Waals surface area contributed by atoms with Gasteiger partial charge in [0.25, 0.3) is 5.91 Å². The number of carbonyl (C=O) groups is 1. The van der Waals surface area contributed by atoms with Crippen molar-refractivity contribution >= 4 is 45.6 Å². The number of aromatic amines is 1. The van der Waals surface area contributed by atoms with Crippen molar-refractivity contribution in [1.82, 2.24) is 15.6 Å². The first-order valence-electron chi connectivity index (χ1n) is 8.86. The summed E-state index contributed by atoms with van der Waals surface area (Å²) < 4.78 is 0. The zero-order valence-electron chi connectivity index (χ0n) is 15.4. The van der Waals surface area contributed by atoms with E-state index in [2.05, 4.69) is 26.8 Å². The van der Waals surface area contributed by atoms with E-state index in [0.717, 1.165) is 21.9 Å². The number of amides is 1. The van der Waals surface area contributed by atoms with Crippen molar-refractivity contribution in [2.75, 3.05) is 0 Å². The number of aromatic nitrogens is 2. The smallest absolute Gasteiger partial charge is 0.272 e. The summed E-state index contributed by atoms with van der Waals surface area (Å²) >= 11 is 12.0.